The van der Waals surface area contributed by atoms with E-state index >= 15 is 0 Å². The molecule has 1 saturated heterocycles. The fraction of sp³-hybridized carbons (Fsp3) is 0.727. The van der Waals surface area contributed by atoms with Crippen LogP contribution in [0.5, 0.6) is 0 Å². The number of carbonyl (C=O) groups excluding carboxylic acids is 1. The van der Waals surface area contributed by atoms with Gasteiger partial charge in [0.25, 0.3) is 0 Å². The lowest BCUT2D eigenvalue weighted by Gasteiger charge is -2.00. The molecule has 1 rings (SSSR count). The van der Waals surface area contributed by atoms with E-state index in [2.05, 4.69) is 13.5 Å². The molecule has 0 aromatic rings. The van der Waals surface area contributed by atoms with Crippen molar-refractivity contribution in [1.82, 2.24) is 4.90 Å². The molecule has 0 radical (unpaired) electrons. The molecule has 0 aromatic carbocycles. The maximum Gasteiger partial charge on any atom is 0.246 e. The van der Waals surface area contributed by atoms with E-state index in [9.17, 15) is 4.79 Å². The van der Waals surface area contributed by atoms with Crippen LogP contribution in [0.4, 0.5) is 0 Å². The molecule has 2 nitrogen and oxygen atoms in total. The molecule has 13 heavy (non-hydrogen) atoms. The Balaban J connectivity index is 2.01. The average molecular weight is 181 g/mol. The SMILES string of the molecule is C=CC(=O)N1CC1CCCCCC. The van der Waals surface area contributed by atoms with Crippen LogP contribution < -0.4 is 0 Å². The van der Waals surface area contributed by atoms with Gasteiger partial charge in [-0.1, -0.05) is 39.2 Å². The van der Waals surface area contributed by atoms with Crippen molar-refractivity contribution in [1.29, 1.82) is 0 Å². The maximum atomic E-state index is 11.1. The number of hydrogen-bond acceptors (Lipinski definition) is 1. The maximum absolute atomic E-state index is 11.1. The number of unbranched alkanes of at least 4 members (excludes halogenated alkanes) is 3. The van der Waals surface area contributed by atoms with Gasteiger partial charge in [0, 0.05) is 12.6 Å². The molecule has 1 aliphatic heterocycles. The summed E-state index contributed by atoms with van der Waals surface area (Å²) in [7, 11) is 0. The van der Waals surface area contributed by atoms with Crippen LogP contribution in [0, 0.1) is 0 Å². The monoisotopic (exact) mass is 181 g/mol. The van der Waals surface area contributed by atoms with E-state index in [1.54, 1.807) is 0 Å². The lowest BCUT2D eigenvalue weighted by molar-refractivity contribution is -0.121. The van der Waals surface area contributed by atoms with Crippen LogP contribution in [0.15, 0.2) is 12.7 Å². The summed E-state index contributed by atoms with van der Waals surface area (Å²) in [5.74, 6) is 0.0977. The second-order valence-electron chi connectivity index (χ2n) is 3.70. The molecule has 0 N–H and O–H groups in total. The Morgan fingerprint density at radius 3 is 2.92 bits per heavy atom. The summed E-state index contributed by atoms with van der Waals surface area (Å²) in [5.41, 5.74) is 0. The number of nitrogens with zero attached hydrogens (tertiary/aromatic N) is 1. The van der Waals surface area contributed by atoms with Gasteiger partial charge < -0.3 is 4.90 Å². The summed E-state index contributed by atoms with van der Waals surface area (Å²) in [5, 5.41) is 0. The highest BCUT2D eigenvalue weighted by Crippen LogP contribution is 2.23. The normalized spacial score (nSPS) is 20.1. The molecule has 0 saturated carbocycles. The molecule has 1 fully saturated rings. The van der Waals surface area contributed by atoms with Gasteiger partial charge >= 0.3 is 0 Å². The summed E-state index contributed by atoms with van der Waals surface area (Å²) in [6.07, 6.45) is 7.76. The van der Waals surface area contributed by atoms with E-state index in [4.69, 9.17) is 0 Å². The van der Waals surface area contributed by atoms with Crippen LogP contribution in [-0.4, -0.2) is 23.4 Å². The number of carbonyl (C=O) groups is 1. The molecule has 0 aromatic heterocycles. The summed E-state index contributed by atoms with van der Waals surface area (Å²) in [6.45, 7) is 6.64. The molecule has 0 bridgehead atoms. The molecule has 1 unspecified atom stereocenters. The van der Waals surface area contributed by atoms with E-state index in [-0.39, 0.29) is 5.91 Å². The molecule has 0 spiro atoms. The van der Waals surface area contributed by atoms with Crippen LogP contribution in [0.3, 0.4) is 0 Å². The summed E-state index contributed by atoms with van der Waals surface area (Å²) < 4.78 is 0. The van der Waals surface area contributed by atoms with Gasteiger partial charge in [-0.05, 0) is 12.5 Å². The molecule has 0 aliphatic carbocycles. The van der Waals surface area contributed by atoms with E-state index in [1.807, 2.05) is 4.90 Å². The van der Waals surface area contributed by atoms with Gasteiger partial charge in [0.1, 0.15) is 0 Å². The molecule has 74 valence electrons. The van der Waals surface area contributed by atoms with Crippen molar-refractivity contribution >= 4 is 5.91 Å². The zero-order valence-electron chi connectivity index (χ0n) is 8.46. The quantitative estimate of drug-likeness (QED) is 0.350. The molecular formula is C11H19NO. The fourth-order valence-corrected chi connectivity index (χ4v) is 1.62. The molecule has 1 amide bonds. The van der Waals surface area contributed by atoms with Gasteiger partial charge in [-0.3, -0.25) is 4.79 Å². The van der Waals surface area contributed by atoms with Crippen LogP contribution in [-0.2, 0) is 4.79 Å². The van der Waals surface area contributed by atoms with Crippen molar-refractivity contribution in [2.75, 3.05) is 6.54 Å². The van der Waals surface area contributed by atoms with Crippen LogP contribution in [0.2, 0.25) is 0 Å². The summed E-state index contributed by atoms with van der Waals surface area (Å²) in [4.78, 5) is 13.0. The first kappa shape index (κ1) is 10.3. The third-order valence-electron chi connectivity index (χ3n) is 2.56. The van der Waals surface area contributed by atoms with Gasteiger partial charge in [-0.25, -0.2) is 0 Å². The van der Waals surface area contributed by atoms with Crippen molar-refractivity contribution in [3.8, 4) is 0 Å². The Labute approximate surface area is 80.6 Å². The standard InChI is InChI=1S/C11H19NO/c1-3-5-6-7-8-10-9-12(10)11(13)4-2/h4,10H,2-3,5-9H2,1H3. The van der Waals surface area contributed by atoms with E-state index in [1.165, 1.54) is 38.2 Å². The van der Waals surface area contributed by atoms with Gasteiger partial charge in [0.2, 0.25) is 5.91 Å². The lowest BCUT2D eigenvalue weighted by atomic mass is 10.1. The zero-order valence-corrected chi connectivity index (χ0v) is 8.46. The first-order chi connectivity index (χ1) is 6.29. The lowest BCUT2D eigenvalue weighted by Crippen LogP contribution is -2.09. The van der Waals surface area contributed by atoms with Crippen molar-refractivity contribution < 1.29 is 4.79 Å². The van der Waals surface area contributed by atoms with Crippen molar-refractivity contribution in [2.24, 2.45) is 0 Å². The Morgan fingerprint density at radius 2 is 2.31 bits per heavy atom. The highest BCUT2D eigenvalue weighted by atomic mass is 16.2. The van der Waals surface area contributed by atoms with Gasteiger partial charge in [0.15, 0.2) is 0 Å². The molecule has 1 aliphatic rings. The Morgan fingerprint density at radius 1 is 1.54 bits per heavy atom. The number of hydrogen-bond donors (Lipinski definition) is 0. The predicted octanol–water partition coefficient (Wildman–Crippen LogP) is 2.35. The average Bonchev–Trinajstić information content (AvgIpc) is 2.91. The highest BCUT2D eigenvalue weighted by molar-refractivity contribution is 5.89. The minimum atomic E-state index is 0.0977. The predicted molar refractivity (Wildman–Crippen MR) is 54.5 cm³/mol. The van der Waals surface area contributed by atoms with Gasteiger partial charge in [-0.2, -0.15) is 0 Å². The summed E-state index contributed by atoms with van der Waals surface area (Å²) in [6, 6.07) is 0.530. The number of amides is 1. The van der Waals surface area contributed by atoms with Gasteiger partial charge in [0.05, 0.1) is 0 Å². The fourth-order valence-electron chi connectivity index (χ4n) is 1.62. The first-order valence-corrected chi connectivity index (χ1v) is 5.22. The third-order valence-corrected chi connectivity index (χ3v) is 2.56. The van der Waals surface area contributed by atoms with E-state index in [0.717, 1.165) is 6.54 Å². The zero-order chi connectivity index (χ0) is 9.68. The number of rotatable bonds is 6. The Bertz CT molecular complexity index is 189. The topological polar surface area (TPSA) is 20.1 Å². The van der Waals surface area contributed by atoms with Crippen LogP contribution >= 0.6 is 0 Å². The van der Waals surface area contributed by atoms with Crippen molar-refractivity contribution in [2.45, 2.75) is 45.1 Å². The Hall–Kier alpha value is -0.790. The molecule has 1 atom stereocenters. The Kier molecular flexibility index (Phi) is 4.00. The molecule has 2 heteroatoms. The minimum absolute atomic E-state index is 0.0977. The second kappa shape index (κ2) is 5.05. The second-order valence-corrected chi connectivity index (χ2v) is 3.70. The van der Waals surface area contributed by atoms with Crippen molar-refractivity contribution in [3.63, 3.8) is 0 Å². The minimum Gasteiger partial charge on any atom is -0.332 e. The first-order valence-electron chi connectivity index (χ1n) is 5.22. The van der Waals surface area contributed by atoms with Crippen LogP contribution in [0.1, 0.15) is 39.0 Å². The largest absolute Gasteiger partial charge is 0.332 e. The van der Waals surface area contributed by atoms with E-state index < -0.39 is 0 Å². The molecular weight excluding hydrogens is 162 g/mol. The third kappa shape index (κ3) is 3.21. The van der Waals surface area contributed by atoms with Crippen molar-refractivity contribution in [3.05, 3.63) is 12.7 Å². The summed E-state index contributed by atoms with van der Waals surface area (Å²) >= 11 is 0. The van der Waals surface area contributed by atoms with E-state index in [0.29, 0.717) is 6.04 Å². The van der Waals surface area contributed by atoms with Crippen LogP contribution in [0.25, 0.3) is 0 Å². The highest BCUT2D eigenvalue weighted by Gasteiger charge is 2.35. The molecule has 1 heterocycles. The smallest absolute Gasteiger partial charge is 0.246 e. The van der Waals surface area contributed by atoms with Gasteiger partial charge in [-0.15, -0.1) is 0 Å².